The Kier molecular flexibility index (Phi) is 5.71. The van der Waals surface area contributed by atoms with E-state index >= 15 is 0 Å². The van der Waals surface area contributed by atoms with Gasteiger partial charge in [0, 0.05) is 11.1 Å². The number of rotatable bonds is 5. The van der Waals surface area contributed by atoms with Crippen LogP contribution in [-0.4, -0.2) is 32.5 Å². The van der Waals surface area contributed by atoms with Crippen LogP contribution in [0.15, 0.2) is 34.8 Å². The Labute approximate surface area is 112 Å². The molecule has 0 aliphatic carbocycles. The zero-order valence-electron chi connectivity index (χ0n) is 11.8. The second-order valence-corrected chi connectivity index (χ2v) is 4.44. The quantitative estimate of drug-likeness (QED) is 0.403. The van der Waals surface area contributed by atoms with Gasteiger partial charge in [0.1, 0.15) is 11.5 Å². The van der Waals surface area contributed by atoms with Crippen LogP contribution < -0.4 is 0 Å². The van der Waals surface area contributed by atoms with E-state index in [-0.39, 0.29) is 16.9 Å². The zero-order chi connectivity index (χ0) is 15.4. The highest BCUT2D eigenvalue weighted by Crippen LogP contribution is 2.21. The normalized spacial score (nSPS) is 17.6. The molecule has 5 heteroatoms. The van der Waals surface area contributed by atoms with E-state index in [0.29, 0.717) is 0 Å². The lowest BCUT2D eigenvalue weighted by molar-refractivity contribution is -0.132. The van der Waals surface area contributed by atoms with Gasteiger partial charge < -0.3 is 15.3 Å². The van der Waals surface area contributed by atoms with Crippen LogP contribution in [0.2, 0.25) is 0 Å². The first kappa shape index (κ1) is 17.1. The maximum atomic E-state index is 12.0. The highest BCUT2D eigenvalue weighted by Gasteiger charge is 2.34. The standard InChI is InChI=1S/C14H20O5/c1-6-7-11(16)8(2)12(17)9(3)13(18)14(5,19)10(4)15/h6-7,16,18-19H,1-5H3/b7-6-,11-8-,13-9-/t14-/m1/s1. The summed E-state index contributed by atoms with van der Waals surface area (Å²) in [7, 11) is 0. The van der Waals surface area contributed by atoms with Crippen LogP contribution in [0.5, 0.6) is 0 Å². The third kappa shape index (κ3) is 3.79. The number of aliphatic hydroxyl groups excluding tert-OH is 2. The van der Waals surface area contributed by atoms with Crippen molar-refractivity contribution in [3.05, 3.63) is 34.8 Å². The maximum Gasteiger partial charge on any atom is 0.191 e. The van der Waals surface area contributed by atoms with Crippen molar-refractivity contribution in [3.8, 4) is 0 Å². The first-order valence-electron chi connectivity index (χ1n) is 5.78. The van der Waals surface area contributed by atoms with Crippen molar-refractivity contribution < 1.29 is 24.9 Å². The summed E-state index contributed by atoms with van der Waals surface area (Å²) in [6.45, 7) is 6.55. The molecule has 0 amide bonds. The van der Waals surface area contributed by atoms with E-state index in [4.69, 9.17) is 0 Å². The van der Waals surface area contributed by atoms with Gasteiger partial charge in [-0.3, -0.25) is 9.59 Å². The number of carbonyl (C=O) groups is 2. The number of ketones is 2. The lowest BCUT2D eigenvalue weighted by Gasteiger charge is -2.20. The summed E-state index contributed by atoms with van der Waals surface area (Å²) in [4.78, 5) is 23.2. The summed E-state index contributed by atoms with van der Waals surface area (Å²) >= 11 is 0. The van der Waals surface area contributed by atoms with Gasteiger partial charge in [0.15, 0.2) is 17.2 Å². The van der Waals surface area contributed by atoms with Crippen LogP contribution in [0, 0.1) is 0 Å². The van der Waals surface area contributed by atoms with Crippen LogP contribution in [0.3, 0.4) is 0 Å². The molecule has 1 atom stereocenters. The average Bonchev–Trinajstić information content (AvgIpc) is 2.35. The Balaban J connectivity index is 5.67. The van der Waals surface area contributed by atoms with Crippen LogP contribution in [-0.2, 0) is 9.59 Å². The monoisotopic (exact) mass is 268 g/mol. The maximum absolute atomic E-state index is 12.0. The second kappa shape index (κ2) is 6.33. The van der Waals surface area contributed by atoms with Gasteiger partial charge in [-0.1, -0.05) is 6.08 Å². The molecule has 0 unspecified atom stereocenters. The molecule has 0 rings (SSSR count). The lowest BCUT2D eigenvalue weighted by atomic mass is 9.93. The number of hydrogen-bond donors (Lipinski definition) is 3. The van der Waals surface area contributed by atoms with Gasteiger partial charge in [0.2, 0.25) is 0 Å². The van der Waals surface area contributed by atoms with E-state index in [2.05, 4.69) is 0 Å². The van der Waals surface area contributed by atoms with Gasteiger partial charge in [-0.2, -0.15) is 0 Å². The van der Waals surface area contributed by atoms with Crippen LogP contribution in [0.4, 0.5) is 0 Å². The van der Waals surface area contributed by atoms with E-state index in [1.54, 1.807) is 13.0 Å². The van der Waals surface area contributed by atoms with Crippen molar-refractivity contribution in [1.82, 2.24) is 0 Å². The van der Waals surface area contributed by atoms with Gasteiger partial charge in [0.25, 0.3) is 0 Å². The van der Waals surface area contributed by atoms with Crippen molar-refractivity contribution in [2.45, 2.75) is 40.2 Å². The molecule has 19 heavy (non-hydrogen) atoms. The summed E-state index contributed by atoms with van der Waals surface area (Å²) in [5, 5.41) is 29.2. The van der Waals surface area contributed by atoms with Crippen molar-refractivity contribution in [1.29, 1.82) is 0 Å². The number of Topliss-reactive ketones (excluding diaryl/α,β-unsaturated/α-hetero) is 2. The molecule has 0 saturated carbocycles. The van der Waals surface area contributed by atoms with Gasteiger partial charge in [-0.25, -0.2) is 0 Å². The molecule has 5 nitrogen and oxygen atoms in total. The van der Waals surface area contributed by atoms with E-state index in [0.717, 1.165) is 13.8 Å². The number of aliphatic hydroxyl groups is 3. The molecule has 0 spiro atoms. The Morgan fingerprint density at radius 2 is 1.53 bits per heavy atom. The first-order valence-corrected chi connectivity index (χ1v) is 5.78. The van der Waals surface area contributed by atoms with E-state index in [1.165, 1.54) is 19.9 Å². The molecule has 0 heterocycles. The predicted molar refractivity (Wildman–Crippen MR) is 71.8 cm³/mol. The highest BCUT2D eigenvalue weighted by molar-refractivity contribution is 6.09. The van der Waals surface area contributed by atoms with Gasteiger partial charge in [0.05, 0.1) is 0 Å². The smallest absolute Gasteiger partial charge is 0.191 e. The van der Waals surface area contributed by atoms with Crippen LogP contribution >= 0.6 is 0 Å². The number of hydrogen-bond acceptors (Lipinski definition) is 5. The minimum absolute atomic E-state index is 0.0153. The lowest BCUT2D eigenvalue weighted by Crippen LogP contribution is -2.36. The van der Waals surface area contributed by atoms with Crippen molar-refractivity contribution in [3.63, 3.8) is 0 Å². The molecule has 0 saturated heterocycles. The third-order valence-corrected chi connectivity index (χ3v) is 2.89. The second-order valence-electron chi connectivity index (χ2n) is 4.44. The van der Waals surface area contributed by atoms with Crippen molar-refractivity contribution in [2.24, 2.45) is 0 Å². The summed E-state index contributed by atoms with van der Waals surface area (Å²) in [6, 6.07) is 0. The SMILES string of the molecule is C/C=C\C(O)=C(/C)C(=O)/C(C)=C(\O)[C@](C)(O)C(C)=O. The topological polar surface area (TPSA) is 94.8 Å². The van der Waals surface area contributed by atoms with Gasteiger partial charge in [-0.15, -0.1) is 0 Å². The molecule has 0 aliphatic rings. The van der Waals surface area contributed by atoms with Crippen molar-refractivity contribution >= 4 is 11.6 Å². The van der Waals surface area contributed by atoms with Crippen LogP contribution in [0.1, 0.15) is 34.6 Å². The number of allylic oxidation sites excluding steroid dienone is 4. The van der Waals surface area contributed by atoms with Crippen LogP contribution in [0.25, 0.3) is 0 Å². The molecule has 0 aromatic carbocycles. The zero-order valence-corrected chi connectivity index (χ0v) is 11.8. The fraction of sp³-hybridized carbons (Fsp3) is 0.429. The molecule has 3 N–H and O–H groups in total. The Morgan fingerprint density at radius 1 is 1.05 bits per heavy atom. The molecular weight excluding hydrogens is 248 g/mol. The largest absolute Gasteiger partial charge is 0.508 e. The van der Waals surface area contributed by atoms with E-state index in [9.17, 15) is 24.9 Å². The molecule has 0 fully saturated rings. The van der Waals surface area contributed by atoms with E-state index in [1.807, 2.05) is 0 Å². The molecule has 0 aromatic heterocycles. The molecule has 0 aromatic rings. The minimum atomic E-state index is -2.11. The molecule has 106 valence electrons. The third-order valence-electron chi connectivity index (χ3n) is 2.89. The van der Waals surface area contributed by atoms with Gasteiger partial charge in [-0.05, 0) is 40.7 Å². The minimum Gasteiger partial charge on any atom is -0.508 e. The first-order chi connectivity index (χ1) is 8.57. The molecule has 0 bridgehead atoms. The summed E-state index contributed by atoms with van der Waals surface area (Å²) in [5.41, 5.74) is -2.29. The Hall–Kier alpha value is -1.88. The average molecular weight is 268 g/mol. The molecular formula is C14H20O5. The fourth-order valence-electron chi connectivity index (χ4n) is 1.32. The highest BCUT2D eigenvalue weighted by atomic mass is 16.3. The predicted octanol–water partition coefficient (Wildman–Crippen LogP) is 2.14. The molecule has 0 radical (unpaired) electrons. The fourth-order valence-corrected chi connectivity index (χ4v) is 1.32. The number of carbonyl (C=O) groups excluding carboxylic acids is 2. The summed E-state index contributed by atoms with van der Waals surface area (Å²) < 4.78 is 0. The Morgan fingerprint density at radius 3 is 1.89 bits per heavy atom. The van der Waals surface area contributed by atoms with Gasteiger partial charge >= 0.3 is 0 Å². The Bertz CT molecular complexity index is 478. The molecule has 0 aliphatic heterocycles. The summed E-state index contributed by atoms with van der Waals surface area (Å²) in [6.07, 6.45) is 2.89. The summed E-state index contributed by atoms with van der Waals surface area (Å²) in [5.74, 6) is -2.27. The van der Waals surface area contributed by atoms with E-state index < -0.39 is 22.9 Å². The van der Waals surface area contributed by atoms with Crippen molar-refractivity contribution in [2.75, 3.05) is 0 Å².